The van der Waals surface area contributed by atoms with Crippen LogP contribution in [0.2, 0.25) is 10.0 Å². The highest BCUT2D eigenvalue weighted by molar-refractivity contribution is 7.92. The van der Waals surface area contributed by atoms with E-state index >= 15 is 0 Å². The highest BCUT2D eigenvalue weighted by Gasteiger charge is 2.33. The van der Waals surface area contributed by atoms with Crippen molar-refractivity contribution in [2.45, 2.75) is 45.2 Å². The summed E-state index contributed by atoms with van der Waals surface area (Å²) in [5.74, 6) is -0.236. The van der Waals surface area contributed by atoms with Gasteiger partial charge in [0.1, 0.15) is 18.3 Å². The van der Waals surface area contributed by atoms with Gasteiger partial charge in [0.05, 0.1) is 17.2 Å². The normalized spacial score (nSPS) is 12.1. The second-order valence-electron chi connectivity index (χ2n) is 9.79. The summed E-state index contributed by atoms with van der Waals surface area (Å²) in [7, 11) is -4.17. The molecule has 0 aromatic heterocycles. The molecule has 0 bridgehead atoms. The summed E-state index contributed by atoms with van der Waals surface area (Å²) in [5, 5.41) is 3.50. The van der Waals surface area contributed by atoms with Crippen molar-refractivity contribution in [1.29, 1.82) is 0 Å². The molecular formula is C30H35Cl2N3O5S. The number of sulfonamides is 1. The lowest BCUT2D eigenvalue weighted by Gasteiger charge is -2.32. The molecule has 8 nitrogen and oxygen atoms in total. The SMILES string of the molecule is CCOc1ccc(N(CC(=O)N(Cc2c(Cl)cccc2Cl)[C@H](C)C(=O)NCC(C)C)S(=O)(=O)c2ccccc2)cc1. The van der Waals surface area contributed by atoms with Crippen molar-refractivity contribution in [2.75, 3.05) is 24.0 Å². The smallest absolute Gasteiger partial charge is 0.264 e. The van der Waals surface area contributed by atoms with E-state index in [9.17, 15) is 18.0 Å². The van der Waals surface area contributed by atoms with E-state index in [1.54, 1.807) is 67.6 Å². The molecule has 2 amide bonds. The Morgan fingerprint density at radius 2 is 1.51 bits per heavy atom. The van der Waals surface area contributed by atoms with Crippen molar-refractivity contribution >= 4 is 50.7 Å². The number of rotatable bonds is 13. The molecule has 0 radical (unpaired) electrons. The summed E-state index contributed by atoms with van der Waals surface area (Å²) in [6, 6.07) is 18.3. The molecule has 3 aromatic carbocycles. The number of benzene rings is 3. The molecular weight excluding hydrogens is 585 g/mol. The maximum atomic E-state index is 14.0. The van der Waals surface area contributed by atoms with Gasteiger partial charge in [-0.1, -0.05) is 61.3 Å². The fourth-order valence-corrected chi connectivity index (χ4v) is 5.96. The van der Waals surface area contributed by atoms with E-state index in [0.29, 0.717) is 34.5 Å². The summed E-state index contributed by atoms with van der Waals surface area (Å²) >= 11 is 12.8. The number of hydrogen-bond acceptors (Lipinski definition) is 5. The number of carbonyl (C=O) groups is 2. The Morgan fingerprint density at radius 3 is 2.07 bits per heavy atom. The predicted octanol–water partition coefficient (Wildman–Crippen LogP) is 5.78. The zero-order chi connectivity index (χ0) is 30.2. The Balaban J connectivity index is 2.04. The van der Waals surface area contributed by atoms with Crippen LogP contribution in [0.25, 0.3) is 0 Å². The number of hydrogen-bond donors (Lipinski definition) is 1. The lowest BCUT2D eigenvalue weighted by Crippen LogP contribution is -2.51. The van der Waals surface area contributed by atoms with E-state index in [2.05, 4.69) is 5.32 Å². The Labute approximate surface area is 252 Å². The largest absolute Gasteiger partial charge is 0.494 e. The van der Waals surface area contributed by atoms with Gasteiger partial charge in [-0.15, -0.1) is 0 Å². The number of nitrogens with one attached hydrogen (secondary N) is 1. The van der Waals surface area contributed by atoms with Gasteiger partial charge in [-0.25, -0.2) is 8.42 Å². The minimum atomic E-state index is -4.17. The molecule has 41 heavy (non-hydrogen) atoms. The molecule has 1 N–H and O–H groups in total. The summed E-state index contributed by atoms with van der Waals surface area (Å²) in [6.07, 6.45) is 0. The number of carbonyl (C=O) groups excluding carboxylic acids is 2. The third kappa shape index (κ3) is 8.38. The first-order valence-corrected chi connectivity index (χ1v) is 15.5. The molecule has 3 rings (SSSR count). The van der Waals surface area contributed by atoms with Crippen molar-refractivity contribution in [3.63, 3.8) is 0 Å². The van der Waals surface area contributed by atoms with E-state index in [1.165, 1.54) is 17.0 Å². The van der Waals surface area contributed by atoms with Gasteiger partial charge < -0.3 is 15.0 Å². The van der Waals surface area contributed by atoms with Crippen molar-refractivity contribution < 1.29 is 22.7 Å². The van der Waals surface area contributed by atoms with Crippen LogP contribution in [-0.2, 0) is 26.2 Å². The van der Waals surface area contributed by atoms with Crippen LogP contribution >= 0.6 is 23.2 Å². The quantitative estimate of drug-likeness (QED) is 0.262. The van der Waals surface area contributed by atoms with Crippen LogP contribution in [0, 0.1) is 5.92 Å². The second-order valence-corrected chi connectivity index (χ2v) is 12.5. The molecule has 0 saturated carbocycles. The van der Waals surface area contributed by atoms with Crippen LogP contribution in [0.3, 0.4) is 0 Å². The third-order valence-corrected chi connectivity index (χ3v) is 8.78. The maximum absolute atomic E-state index is 14.0. The molecule has 11 heteroatoms. The monoisotopic (exact) mass is 619 g/mol. The number of ether oxygens (including phenoxy) is 1. The van der Waals surface area contributed by atoms with Crippen molar-refractivity contribution in [3.05, 3.63) is 88.4 Å². The molecule has 0 aliphatic carbocycles. The van der Waals surface area contributed by atoms with Crippen LogP contribution in [0.15, 0.2) is 77.7 Å². The van der Waals surface area contributed by atoms with Gasteiger partial charge in [0.2, 0.25) is 11.8 Å². The standard InChI is InChI=1S/C30H35Cl2N3O5S/c1-5-40-24-16-14-23(15-17-24)35(41(38,39)25-10-7-6-8-11-25)20-29(36)34(22(4)30(37)33-18-21(2)3)19-26-27(31)12-9-13-28(26)32/h6-17,21-22H,5,18-20H2,1-4H3,(H,33,37)/t22-/m1/s1. The molecule has 0 aliphatic heterocycles. The van der Waals surface area contributed by atoms with Gasteiger partial charge in [0, 0.05) is 28.7 Å². The Hall–Kier alpha value is -3.27. The number of amides is 2. The maximum Gasteiger partial charge on any atom is 0.264 e. The van der Waals surface area contributed by atoms with Crippen LogP contribution in [0.5, 0.6) is 5.75 Å². The summed E-state index contributed by atoms with van der Waals surface area (Å²) in [5.41, 5.74) is 0.713. The van der Waals surface area contributed by atoms with Gasteiger partial charge in [-0.3, -0.25) is 13.9 Å². The molecule has 220 valence electrons. The molecule has 0 aliphatic rings. The molecule has 0 saturated heterocycles. The van der Waals surface area contributed by atoms with Crippen LogP contribution in [0.1, 0.15) is 33.3 Å². The van der Waals surface area contributed by atoms with E-state index in [1.807, 2.05) is 20.8 Å². The van der Waals surface area contributed by atoms with Gasteiger partial charge in [-0.2, -0.15) is 0 Å². The Morgan fingerprint density at radius 1 is 0.902 bits per heavy atom. The van der Waals surface area contributed by atoms with E-state index in [-0.39, 0.29) is 29.0 Å². The van der Waals surface area contributed by atoms with Gasteiger partial charge in [-0.05, 0) is 68.3 Å². The molecule has 0 fully saturated rings. The van der Waals surface area contributed by atoms with E-state index in [4.69, 9.17) is 27.9 Å². The minimum Gasteiger partial charge on any atom is -0.494 e. The van der Waals surface area contributed by atoms with Gasteiger partial charge in [0.25, 0.3) is 10.0 Å². The van der Waals surface area contributed by atoms with Gasteiger partial charge >= 0.3 is 0 Å². The fraction of sp³-hybridized carbons (Fsp3) is 0.333. The average molecular weight is 621 g/mol. The number of nitrogens with zero attached hydrogens (tertiary/aromatic N) is 2. The van der Waals surface area contributed by atoms with Crippen molar-refractivity contribution in [1.82, 2.24) is 10.2 Å². The topological polar surface area (TPSA) is 96.0 Å². The number of anilines is 1. The first-order valence-electron chi connectivity index (χ1n) is 13.3. The first kappa shape index (κ1) is 32.2. The van der Waals surface area contributed by atoms with E-state index in [0.717, 1.165) is 4.31 Å². The Bertz CT molecular complexity index is 1410. The minimum absolute atomic E-state index is 0.0186. The fourth-order valence-electron chi connectivity index (χ4n) is 4.01. The predicted molar refractivity (Wildman–Crippen MR) is 163 cm³/mol. The second kappa shape index (κ2) is 14.6. The third-order valence-electron chi connectivity index (χ3n) is 6.29. The lowest BCUT2D eigenvalue weighted by molar-refractivity contribution is -0.139. The highest BCUT2D eigenvalue weighted by Crippen LogP contribution is 2.29. The van der Waals surface area contributed by atoms with Crippen LogP contribution in [0.4, 0.5) is 5.69 Å². The summed E-state index contributed by atoms with van der Waals surface area (Å²) < 4.78 is 34.2. The van der Waals surface area contributed by atoms with Crippen LogP contribution < -0.4 is 14.4 Å². The van der Waals surface area contributed by atoms with Gasteiger partial charge in [0.15, 0.2) is 0 Å². The molecule has 0 heterocycles. The summed E-state index contributed by atoms with van der Waals surface area (Å²) in [4.78, 5) is 28.4. The molecule has 1 atom stereocenters. The zero-order valence-electron chi connectivity index (χ0n) is 23.5. The zero-order valence-corrected chi connectivity index (χ0v) is 25.8. The Kier molecular flexibility index (Phi) is 11.5. The van der Waals surface area contributed by atoms with Crippen LogP contribution in [-0.4, -0.2) is 50.9 Å². The van der Waals surface area contributed by atoms with E-state index < -0.39 is 28.5 Å². The highest BCUT2D eigenvalue weighted by atomic mass is 35.5. The number of halogens is 2. The summed E-state index contributed by atoms with van der Waals surface area (Å²) in [6.45, 7) is 7.54. The lowest BCUT2D eigenvalue weighted by atomic mass is 10.1. The van der Waals surface area contributed by atoms with Crippen molar-refractivity contribution in [2.24, 2.45) is 5.92 Å². The molecule has 0 spiro atoms. The molecule has 3 aromatic rings. The first-order chi connectivity index (χ1) is 19.4. The molecule has 0 unspecified atom stereocenters. The van der Waals surface area contributed by atoms with Crippen molar-refractivity contribution in [3.8, 4) is 5.75 Å². The average Bonchev–Trinajstić information content (AvgIpc) is 2.95.